The molecule has 0 N–H and O–H groups in total. The van der Waals surface area contributed by atoms with Crippen LogP contribution in [0.1, 0.15) is 17.1 Å². The van der Waals surface area contributed by atoms with E-state index >= 15 is 0 Å². The molecule has 27 heavy (non-hydrogen) atoms. The van der Waals surface area contributed by atoms with Gasteiger partial charge in [0.05, 0.1) is 16.8 Å². The molecule has 0 aliphatic carbocycles. The van der Waals surface area contributed by atoms with Crippen LogP contribution in [0.25, 0.3) is 10.2 Å². The van der Waals surface area contributed by atoms with Crippen LogP contribution < -0.4 is 4.87 Å². The third-order valence-corrected chi connectivity index (χ3v) is 6.85. The van der Waals surface area contributed by atoms with E-state index < -0.39 is 0 Å². The summed E-state index contributed by atoms with van der Waals surface area (Å²) in [4.78, 5) is 33.2. The number of piperazine rings is 1. The van der Waals surface area contributed by atoms with E-state index in [9.17, 15) is 9.59 Å². The van der Waals surface area contributed by atoms with E-state index in [-0.39, 0.29) is 10.8 Å². The van der Waals surface area contributed by atoms with Crippen LogP contribution in [0.5, 0.6) is 0 Å². The van der Waals surface area contributed by atoms with Gasteiger partial charge in [-0.2, -0.15) is 0 Å². The van der Waals surface area contributed by atoms with E-state index in [4.69, 9.17) is 4.98 Å². The van der Waals surface area contributed by atoms with Gasteiger partial charge in [0.25, 0.3) is 0 Å². The van der Waals surface area contributed by atoms with Crippen molar-refractivity contribution in [2.75, 3.05) is 26.2 Å². The number of nitrogens with zero attached hydrogens (tertiary/aromatic N) is 4. The smallest absolute Gasteiger partial charge is 0.307 e. The summed E-state index contributed by atoms with van der Waals surface area (Å²) in [5.41, 5.74) is 1.99. The van der Waals surface area contributed by atoms with Crippen LogP contribution in [0.4, 0.5) is 0 Å². The maximum atomic E-state index is 12.5. The highest BCUT2D eigenvalue weighted by Crippen LogP contribution is 2.23. The van der Waals surface area contributed by atoms with Crippen molar-refractivity contribution >= 4 is 38.8 Å². The number of aromatic nitrogens is 2. The lowest BCUT2D eigenvalue weighted by Gasteiger charge is -2.34. The number of carbonyl (C=O) groups is 1. The molecule has 3 heterocycles. The summed E-state index contributed by atoms with van der Waals surface area (Å²) >= 11 is 2.93. The van der Waals surface area contributed by atoms with Gasteiger partial charge in [0.2, 0.25) is 5.91 Å². The predicted octanol–water partition coefficient (Wildman–Crippen LogP) is 2.56. The quantitative estimate of drug-likeness (QED) is 0.658. The molecule has 8 heteroatoms. The van der Waals surface area contributed by atoms with Gasteiger partial charge in [0.15, 0.2) is 0 Å². The third-order valence-electron chi connectivity index (χ3n) is 4.95. The molecule has 1 amide bonds. The molecule has 142 valence electrons. The Morgan fingerprint density at radius 3 is 2.67 bits per heavy atom. The molecule has 2 aromatic heterocycles. The van der Waals surface area contributed by atoms with E-state index in [1.54, 1.807) is 15.9 Å². The van der Waals surface area contributed by atoms with Crippen molar-refractivity contribution < 1.29 is 4.79 Å². The Balaban J connectivity index is 1.28. The molecule has 0 atom stereocenters. The topological polar surface area (TPSA) is 58.4 Å². The number of aryl methyl sites for hydroxylation is 1. The second-order valence-electron chi connectivity index (χ2n) is 6.78. The van der Waals surface area contributed by atoms with Gasteiger partial charge in [0, 0.05) is 50.2 Å². The second-order valence-corrected chi connectivity index (χ2v) is 8.71. The van der Waals surface area contributed by atoms with Gasteiger partial charge >= 0.3 is 4.87 Å². The Labute approximate surface area is 165 Å². The molecule has 1 aliphatic heterocycles. The number of rotatable bonds is 5. The van der Waals surface area contributed by atoms with E-state index in [1.165, 1.54) is 16.0 Å². The first-order valence-corrected chi connectivity index (χ1v) is 10.8. The highest BCUT2D eigenvalue weighted by molar-refractivity contribution is 7.18. The predicted molar refractivity (Wildman–Crippen MR) is 109 cm³/mol. The molecule has 1 aromatic carbocycles. The van der Waals surface area contributed by atoms with Crippen LogP contribution in [0.2, 0.25) is 0 Å². The lowest BCUT2D eigenvalue weighted by Crippen LogP contribution is -2.48. The van der Waals surface area contributed by atoms with Crippen molar-refractivity contribution in [2.24, 2.45) is 0 Å². The van der Waals surface area contributed by atoms with Gasteiger partial charge in [0.1, 0.15) is 5.01 Å². The molecule has 1 saturated heterocycles. The average molecular weight is 403 g/mol. The number of carbonyl (C=O) groups excluding carboxylic acids is 1. The minimum atomic E-state index is 0.0148. The number of hydrogen-bond acceptors (Lipinski definition) is 6. The molecule has 6 nitrogen and oxygen atoms in total. The third kappa shape index (κ3) is 4.12. The first-order chi connectivity index (χ1) is 13.1. The molecule has 0 spiro atoms. The van der Waals surface area contributed by atoms with E-state index in [0.717, 1.165) is 48.9 Å². The Morgan fingerprint density at radius 2 is 1.96 bits per heavy atom. The van der Waals surface area contributed by atoms with E-state index in [1.807, 2.05) is 35.4 Å². The summed E-state index contributed by atoms with van der Waals surface area (Å²) in [5.74, 6) is 0.132. The fraction of sp³-hybridized carbons (Fsp3) is 0.421. The zero-order valence-corrected chi connectivity index (χ0v) is 16.9. The van der Waals surface area contributed by atoms with Crippen LogP contribution in [0, 0.1) is 6.92 Å². The second kappa shape index (κ2) is 7.92. The van der Waals surface area contributed by atoms with Crippen molar-refractivity contribution in [3.63, 3.8) is 0 Å². The zero-order chi connectivity index (χ0) is 18.8. The number of fused-ring (bicyclic) bond motifs is 1. The molecule has 1 aliphatic rings. The molecular formula is C19H22N4O2S2. The number of thiazole rings is 2. The highest BCUT2D eigenvalue weighted by Gasteiger charge is 2.22. The van der Waals surface area contributed by atoms with Crippen molar-refractivity contribution in [3.8, 4) is 0 Å². The van der Waals surface area contributed by atoms with E-state index in [0.29, 0.717) is 13.0 Å². The lowest BCUT2D eigenvalue weighted by molar-refractivity contribution is -0.133. The Morgan fingerprint density at radius 1 is 1.19 bits per heavy atom. The molecule has 0 unspecified atom stereocenters. The number of benzene rings is 1. The first-order valence-electron chi connectivity index (χ1n) is 9.09. The Bertz CT molecular complexity index is 965. The molecular weight excluding hydrogens is 380 g/mol. The minimum absolute atomic E-state index is 0.0148. The van der Waals surface area contributed by atoms with Crippen LogP contribution in [-0.2, 0) is 17.9 Å². The summed E-state index contributed by atoms with van der Waals surface area (Å²) in [6, 6.07) is 8.21. The minimum Gasteiger partial charge on any atom is -0.340 e. The van der Waals surface area contributed by atoms with Crippen LogP contribution in [0.15, 0.2) is 34.4 Å². The maximum absolute atomic E-state index is 12.5. The highest BCUT2D eigenvalue weighted by atomic mass is 32.1. The lowest BCUT2D eigenvalue weighted by atomic mass is 10.2. The Hall–Kier alpha value is -2.03. The molecule has 4 rings (SSSR count). The van der Waals surface area contributed by atoms with Gasteiger partial charge in [-0.05, 0) is 19.1 Å². The number of hydrogen-bond donors (Lipinski definition) is 0. The molecule has 3 aromatic rings. The van der Waals surface area contributed by atoms with Crippen LogP contribution >= 0.6 is 22.7 Å². The fourth-order valence-corrected chi connectivity index (χ4v) is 5.15. The van der Waals surface area contributed by atoms with E-state index in [2.05, 4.69) is 11.0 Å². The molecule has 1 fully saturated rings. The zero-order valence-electron chi connectivity index (χ0n) is 15.3. The maximum Gasteiger partial charge on any atom is 0.307 e. The van der Waals surface area contributed by atoms with Crippen molar-refractivity contribution in [2.45, 2.75) is 26.4 Å². The molecule has 0 saturated carbocycles. The summed E-state index contributed by atoms with van der Waals surface area (Å²) < 4.78 is 2.91. The summed E-state index contributed by atoms with van der Waals surface area (Å²) in [5, 5.41) is 2.97. The fourth-order valence-electron chi connectivity index (χ4n) is 3.37. The monoisotopic (exact) mass is 402 g/mol. The normalized spacial score (nSPS) is 15.5. The van der Waals surface area contributed by atoms with Crippen molar-refractivity contribution in [1.82, 2.24) is 19.4 Å². The number of amides is 1. The SMILES string of the molecule is Cc1csc(=O)n1CCC(=O)N1CCN(Cc2nc3ccccc3s2)CC1. The summed E-state index contributed by atoms with van der Waals surface area (Å²) in [7, 11) is 0. The van der Waals surface area contributed by atoms with Gasteiger partial charge < -0.3 is 9.47 Å². The molecule has 0 bridgehead atoms. The average Bonchev–Trinajstić information content (AvgIpc) is 3.23. The standard InChI is InChI=1S/C19H22N4O2S2/c1-14-13-26-19(25)23(14)7-6-18(24)22-10-8-21(9-11-22)12-17-20-15-4-2-3-5-16(15)27-17/h2-5,13H,6-12H2,1H3. The Kier molecular flexibility index (Phi) is 5.38. The van der Waals surface area contributed by atoms with Gasteiger partial charge in [-0.3, -0.25) is 14.5 Å². The summed E-state index contributed by atoms with van der Waals surface area (Å²) in [6.45, 7) is 6.41. The largest absolute Gasteiger partial charge is 0.340 e. The van der Waals surface area contributed by atoms with Crippen molar-refractivity contribution in [3.05, 3.63) is 50.0 Å². The molecule has 0 radical (unpaired) electrons. The number of para-hydroxylation sites is 1. The van der Waals surface area contributed by atoms with Crippen LogP contribution in [-0.4, -0.2) is 51.4 Å². The van der Waals surface area contributed by atoms with Crippen molar-refractivity contribution in [1.29, 1.82) is 0 Å². The van der Waals surface area contributed by atoms with Gasteiger partial charge in [-0.25, -0.2) is 4.98 Å². The first kappa shape index (κ1) is 18.3. The van der Waals surface area contributed by atoms with Gasteiger partial charge in [-0.15, -0.1) is 11.3 Å². The summed E-state index contributed by atoms with van der Waals surface area (Å²) in [6.07, 6.45) is 0.384. The van der Waals surface area contributed by atoms with Gasteiger partial charge in [-0.1, -0.05) is 23.5 Å². The van der Waals surface area contributed by atoms with Crippen LogP contribution in [0.3, 0.4) is 0 Å².